The van der Waals surface area contributed by atoms with Gasteiger partial charge in [0.15, 0.2) is 0 Å². The highest BCUT2D eigenvalue weighted by atomic mass is 32.2. The number of carbonyl (C=O) groups is 1. The van der Waals surface area contributed by atoms with Gasteiger partial charge in [0.2, 0.25) is 5.91 Å². The molecule has 16 heavy (non-hydrogen) atoms. The lowest BCUT2D eigenvalue weighted by molar-refractivity contribution is -0.123. The summed E-state index contributed by atoms with van der Waals surface area (Å²) >= 11 is 3.43. The van der Waals surface area contributed by atoms with Crippen LogP contribution in [-0.2, 0) is 4.79 Å². The Hall–Kier alpha value is -0.520. The molecule has 5 heteroatoms. The molecule has 1 aliphatic rings. The van der Waals surface area contributed by atoms with Crippen LogP contribution in [0.1, 0.15) is 23.8 Å². The predicted octanol–water partition coefficient (Wildman–Crippen LogP) is 1.76. The molecule has 0 aliphatic carbocycles. The second-order valence-corrected chi connectivity index (χ2v) is 6.04. The van der Waals surface area contributed by atoms with Gasteiger partial charge in [-0.2, -0.15) is 11.8 Å². The lowest BCUT2D eigenvalue weighted by Gasteiger charge is -2.23. The van der Waals surface area contributed by atoms with Crippen LogP contribution >= 0.6 is 23.1 Å². The summed E-state index contributed by atoms with van der Waals surface area (Å²) < 4.78 is 0. The van der Waals surface area contributed by atoms with Gasteiger partial charge in [-0.25, -0.2) is 0 Å². The summed E-state index contributed by atoms with van der Waals surface area (Å²) in [5, 5.41) is 4.97. The van der Waals surface area contributed by atoms with Crippen LogP contribution in [0.2, 0.25) is 0 Å². The largest absolute Gasteiger partial charge is 0.351 e. The Labute approximate surface area is 104 Å². The Balaban J connectivity index is 1.87. The predicted molar refractivity (Wildman–Crippen MR) is 69.7 cm³/mol. The number of amides is 1. The third-order valence-electron chi connectivity index (χ3n) is 2.64. The smallest absolute Gasteiger partial charge is 0.242 e. The second kappa shape index (κ2) is 5.70. The summed E-state index contributed by atoms with van der Waals surface area (Å²) in [5.74, 6) is 2.18. The zero-order valence-corrected chi connectivity index (χ0v) is 10.7. The molecule has 0 spiro atoms. The van der Waals surface area contributed by atoms with Gasteiger partial charge in [0.05, 0.1) is 0 Å². The molecule has 1 aromatic rings. The normalized spacial score (nSPS) is 22.7. The van der Waals surface area contributed by atoms with E-state index in [9.17, 15) is 4.79 Å². The first-order chi connectivity index (χ1) is 7.77. The maximum Gasteiger partial charge on any atom is 0.242 e. The van der Waals surface area contributed by atoms with Crippen molar-refractivity contribution in [2.75, 3.05) is 11.5 Å². The summed E-state index contributed by atoms with van der Waals surface area (Å²) in [6.45, 7) is 0. The van der Waals surface area contributed by atoms with Gasteiger partial charge in [0.1, 0.15) is 6.04 Å². The molecule has 1 aliphatic heterocycles. The first-order valence-corrected chi connectivity index (χ1v) is 7.48. The average Bonchev–Trinajstić information content (AvgIpc) is 2.83. The van der Waals surface area contributed by atoms with Crippen molar-refractivity contribution < 1.29 is 4.79 Å². The van der Waals surface area contributed by atoms with Crippen molar-refractivity contribution in [2.45, 2.75) is 24.9 Å². The third-order valence-corrected chi connectivity index (χ3v) is 4.81. The zero-order chi connectivity index (χ0) is 11.4. The first-order valence-electron chi connectivity index (χ1n) is 5.44. The fourth-order valence-corrected chi connectivity index (χ4v) is 3.54. The number of carbonyl (C=O) groups excluding carboxylic acids is 1. The molecule has 0 saturated carbocycles. The topological polar surface area (TPSA) is 55.1 Å². The number of hydrogen-bond donors (Lipinski definition) is 2. The van der Waals surface area contributed by atoms with E-state index in [0.717, 1.165) is 17.1 Å². The number of nitrogens with one attached hydrogen (secondary N) is 1. The van der Waals surface area contributed by atoms with Gasteiger partial charge in [-0.1, -0.05) is 6.07 Å². The summed E-state index contributed by atoms with van der Waals surface area (Å²) in [7, 11) is 0. The number of hydrogen-bond acceptors (Lipinski definition) is 4. The van der Waals surface area contributed by atoms with Crippen LogP contribution in [-0.4, -0.2) is 23.5 Å². The highest BCUT2D eigenvalue weighted by Crippen LogP contribution is 2.20. The summed E-state index contributed by atoms with van der Waals surface area (Å²) in [6.07, 6.45) is 2.26. The molecule has 1 aromatic heterocycles. The molecule has 1 fully saturated rings. The summed E-state index contributed by atoms with van der Waals surface area (Å²) in [5.41, 5.74) is 5.89. The van der Waals surface area contributed by atoms with Gasteiger partial charge in [-0.05, 0) is 30.0 Å². The number of rotatable bonds is 3. The minimum atomic E-state index is -0.507. The van der Waals surface area contributed by atoms with E-state index in [2.05, 4.69) is 5.32 Å². The van der Waals surface area contributed by atoms with E-state index < -0.39 is 6.04 Å². The Morgan fingerprint density at radius 2 is 2.50 bits per heavy atom. The lowest BCUT2D eigenvalue weighted by Crippen LogP contribution is -2.42. The Bertz CT molecular complexity index is 334. The van der Waals surface area contributed by atoms with Crippen molar-refractivity contribution in [3.05, 3.63) is 22.4 Å². The second-order valence-electron chi connectivity index (χ2n) is 3.92. The van der Waals surface area contributed by atoms with Crippen LogP contribution in [0.15, 0.2) is 17.5 Å². The van der Waals surface area contributed by atoms with Crippen molar-refractivity contribution in [1.82, 2.24) is 5.32 Å². The van der Waals surface area contributed by atoms with E-state index in [4.69, 9.17) is 5.73 Å². The highest BCUT2D eigenvalue weighted by molar-refractivity contribution is 7.99. The van der Waals surface area contributed by atoms with Crippen LogP contribution in [0, 0.1) is 0 Å². The van der Waals surface area contributed by atoms with Crippen LogP contribution in [0.5, 0.6) is 0 Å². The molecule has 2 unspecified atom stereocenters. The van der Waals surface area contributed by atoms with E-state index in [0.29, 0.717) is 6.04 Å². The Kier molecular flexibility index (Phi) is 4.26. The van der Waals surface area contributed by atoms with E-state index in [1.165, 1.54) is 23.5 Å². The maximum absolute atomic E-state index is 11.9. The fraction of sp³-hybridized carbons (Fsp3) is 0.545. The first kappa shape index (κ1) is 12.0. The zero-order valence-electron chi connectivity index (χ0n) is 9.02. The molecule has 0 bridgehead atoms. The molecular formula is C11H16N2OS2. The Morgan fingerprint density at radius 3 is 3.12 bits per heavy atom. The van der Waals surface area contributed by atoms with Crippen molar-refractivity contribution in [1.29, 1.82) is 0 Å². The molecule has 1 saturated heterocycles. The third kappa shape index (κ3) is 2.99. The van der Waals surface area contributed by atoms with E-state index in [-0.39, 0.29) is 5.91 Å². The molecule has 3 N–H and O–H groups in total. The summed E-state index contributed by atoms with van der Waals surface area (Å²) in [6, 6.07) is 3.62. The maximum atomic E-state index is 11.9. The molecule has 2 heterocycles. The van der Waals surface area contributed by atoms with Crippen LogP contribution in [0.3, 0.4) is 0 Å². The minimum absolute atomic E-state index is 0.0463. The van der Waals surface area contributed by atoms with Gasteiger partial charge in [0, 0.05) is 16.7 Å². The molecule has 0 radical (unpaired) electrons. The SMILES string of the molecule is NC(C(=O)NC1CCCSC1)c1cccs1. The van der Waals surface area contributed by atoms with Gasteiger partial charge >= 0.3 is 0 Å². The molecule has 2 atom stereocenters. The Morgan fingerprint density at radius 1 is 1.62 bits per heavy atom. The van der Waals surface area contributed by atoms with Crippen molar-refractivity contribution in [2.24, 2.45) is 5.73 Å². The van der Waals surface area contributed by atoms with Crippen LogP contribution in [0.4, 0.5) is 0 Å². The van der Waals surface area contributed by atoms with Gasteiger partial charge in [0.25, 0.3) is 0 Å². The van der Waals surface area contributed by atoms with Crippen molar-refractivity contribution in [3.8, 4) is 0 Å². The van der Waals surface area contributed by atoms with E-state index in [1.54, 1.807) is 0 Å². The average molecular weight is 256 g/mol. The monoisotopic (exact) mass is 256 g/mol. The van der Waals surface area contributed by atoms with Crippen LogP contribution < -0.4 is 11.1 Å². The molecule has 1 amide bonds. The number of nitrogens with two attached hydrogens (primary N) is 1. The van der Waals surface area contributed by atoms with Gasteiger partial charge in [-0.3, -0.25) is 4.79 Å². The fourth-order valence-electron chi connectivity index (χ4n) is 1.74. The van der Waals surface area contributed by atoms with Crippen LogP contribution in [0.25, 0.3) is 0 Å². The molecule has 0 aromatic carbocycles. The molecule has 88 valence electrons. The van der Waals surface area contributed by atoms with Crippen molar-refractivity contribution in [3.63, 3.8) is 0 Å². The van der Waals surface area contributed by atoms with Gasteiger partial charge < -0.3 is 11.1 Å². The molecular weight excluding hydrogens is 240 g/mol. The molecule has 3 nitrogen and oxygen atoms in total. The number of thioether (sulfide) groups is 1. The van der Waals surface area contributed by atoms with E-state index >= 15 is 0 Å². The lowest BCUT2D eigenvalue weighted by atomic mass is 10.1. The standard InChI is InChI=1S/C11H16N2OS2/c12-10(9-4-2-6-16-9)11(14)13-8-3-1-5-15-7-8/h2,4,6,8,10H,1,3,5,7,12H2,(H,13,14). The highest BCUT2D eigenvalue weighted by Gasteiger charge is 2.21. The van der Waals surface area contributed by atoms with Crippen molar-refractivity contribution >= 4 is 29.0 Å². The van der Waals surface area contributed by atoms with Gasteiger partial charge in [-0.15, -0.1) is 11.3 Å². The molecule has 2 rings (SSSR count). The summed E-state index contributed by atoms with van der Waals surface area (Å²) in [4.78, 5) is 12.8. The quantitative estimate of drug-likeness (QED) is 0.866. The minimum Gasteiger partial charge on any atom is -0.351 e. The van der Waals surface area contributed by atoms with E-state index in [1.807, 2.05) is 29.3 Å². The number of thiophene rings is 1.